The summed E-state index contributed by atoms with van der Waals surface area (Å²) in [5, 5.41) is 10.2. The number of hydrogen-bond donors (Lipinski definition) is 1. The Kier molecular flexibility index (Phi) is 3.61. The fourth-order valence-corrected chi connectivity index (χ4v) is 2.25. The molecule has 0 aliphatic rings. The molecule has 6 heteroatoms. The Bertz CT molecular complexity index is 548. The average molecular weight is 267 g/mol. The van der Waals surface area contributed by atoms with E-state index < -0.39 is 5.97 Å². The lowest BCUT2D eigenvalue weighted by atomic mass is 10.3. The maximum Gasteiger partial charge on any atom is 0.337 e. The summed E-state index contributed by atoms with van der Waals surface area (Å²) in [6.07, 6.45) is 3.07. The third-order valence-corrected chi connectivity index (χ3v) is 3.37. The molecule has 2 aromatic rings. The molecule has 0 aliphatic carbocycles. The number of aromatic nitrogens is 2. The number of halogens is 1. The largest absolute Gasteiger partial charge is 0.478 e. The van der Waals surface area contributed by atoms with Crippen molar-refractivity contribution < 1.29 is 9.90 Å². The number of pyridine rings is 2. The zero-order chi connectivity index (χ0) is 12.3. The van der Waals surface area contributed by atoms with Crippen LogP contribution in [-0.2, 0) is 0 Å². The van der Waals surface area contributed by atoms with Crippen LogP contribution in [0.4, 0.5) is 0 Å². The SMILES string of the molecule is O=C(O)c1ccnc(Sc2ccccn2)c1Cl. The Hall–Kier alpha value is -1.59. The van der Waals surface area contributed by atoms with Crippen LogP contribution in [0.15, 0.2) is 46.7 Å². The molecule has 0 saturated carbocycles. The van der Waals surface area contributed by atoms with Crippen molar-refractivity contribution in [1.29, 1.82) is 0 Å². The number of aromatic carboxylic acids is 1. The lowest BCUT2D eigenvalue weighted by Gasteiger charge is -2.04. The van der Waals surface area contributed by atoms with Crippen molar-refractivity contribution in [2.75, 3.05) is 0 Å². The van der Waals surface area contributed by atoms with E-state index in [2.05, 4.69) is 9.97 Å². The highest BCUT2D eigenvalue weighted by atomic mass is 35.5. The van der Waals surface area contributed by atoms with E-state index in [1.54, 1.807) is 18.3 Å². The fourth-order valence-electron chi connectivity index (χ4n) is 1.17. The number of nitrogens with zero attached hydrogens (tertiary/aromatic N) is 2. The minimum Gasteiger partial charge on any atom is -0.478 e. The molecule has 0 bridgehead atoms. The standard InChI is InChI=1S/C11H7ClN2O2S/c12-9-7(11(15)16)4-6-14-10(9)17-8-3-1-2-5-13-8/h1-6H,(H,15,16). The average Bonchev–Trinajstić information content (AvgIpc) is 2.33. The minimum atomic E-state index is -1.07. The summed E-state index contributed by atoms with van der Waals surface area (Å²) in [5.74, 6) is -1.07. The molecule has 0 aliphatic heterocycles. The molecule has 0 fully saturated rings. The Balaban J connectivity index is 2.34. The maximum absolute atomic E-state index is 10.9. The van der Waals surface area contributed by atoms with Gasteiger partial charge in [-0.15, -0.1) is 0 Å². The van der Waals surface area contributed by atoms with Gasteiger partial charge in [-0.3, -0.25) is 0 Å². The molecule has 0 unspecified atom stereocenters. The van der Waals surface area contributed by atoms with E-state index in [1.807, 2.05) is 6.07 Å². The van der Waals surface area contributed by atoms with E-state index in [0.29, 0.717) is 10.1 Å². The molecule has 0 amide bonds. The lowest BCUT2D eigenvalue weighted by Crippen LogP contribution is -1.99. The van der Waals surface area contributed by atoms with Crippen molar-refractivity contribution in [3.63, 3.8) is 0 Å². The maximum atomic E-state index is 10.9. The third-order valence-electron chi connectivity index (χ3n) is 1.93. The van der Waals surface area contributed by atoms with E-state index in [4.69, 9.17) is 16.7 Å². The second-order valence-electron chi connectivity index (χ2n) is 3.05. The summed E-state index contributed by atoms with van der Waals surface area (Å²) in [4.78, 5) is 19.0. The Morgan fingerprint density at radius 2 is 2.06 bits per heavy atom. The molecule has 0 saturated heterocycles. The summed E-state index contributed by atoms with van der Waals surface area (Å²) in [5.41, 5.74) is 0.0418. The van der Waals surface area contributed by atoms with Crippen LogP contribution in [0, 0.1) is 0 Å². The highest BCUT2D eigenvalue weighted by molar-refractivity contribution is 7.99. The number of hydrogen-bond acceptors (Lipinski definition) is 4. The van der Waals surface area contributed by atoms with Gasteiger partial charge < -0.3 is 5.11 Å². The summed E-state index contributed by atoms with van der Waals surface area (Å²) in [6, 6.07) is 6.81. The van der Waals surface area contributed by atoms with Gasteiger partial charge in [-0.05, 0) is 30.0 Å². The summed E-state index contributed by atoms with van der Waals surface area (Å²) in [7, 11) is 0. The molecule has 17 heavy (non-hydrogen) atoms. The molecule has 0 atom stereocenters. The lowest BCUT2D eigenvalue weighted by molar-refractivity contribution is 0.0696. The molecule has 2 heterocycles. The van der Waals surface area contributed by atoms with E-state index in [1.165, 1.54) is 24.0 Å². The molecule has 0 aromatic carbocycles. The van der Waals surface area contributed by atoms with Gasteiger partial charge in [0.2, 0.25) is 0 Å². The predicted octanol–water partition coefficient (Wildman–Crippen LogP) is 2.98. The van der Waals surface area contributed by atoms with Crippen LogP contribution in [0.5, 0.6) is 0 Å². The molecule has 2 rings (SSSR count). The molecule has 1 N–H and O–H groups in total. The van der Waals surface area contributed by atoms with Crippen molar-refractivity contribution in [3.8, 4) is 0 Å². The van der Waals surface area contributed by atoms with Gasteiger partial charge >= 0.3 is 5.97 Å². The Morgan fingerprint density at radius 1 is 1.24 bits per heavy atom. The van der Waals surface area contributed by atoms with Crippen LogP contribution in [-0.4, -0.2) is 21.0 Å². The molecule has 0 spiro atoms. The van der Waals surface area contributed by atoms with E-state index >= 15 is 0 Å². The highest BCUT2D eigenvalue weighted by Crippen LogP contribution is 2.31. The van der Waals surface area contributed by atoms with E-state index in [0.717, 1.165) is 0 Å². The number of carboxylic acid groups (broad SMARTS) is 1. The van der Waals surface area contributed by atoms with Gasteiger partial charge in [0.1, 0.15) is 10.1 Å². The zero-order valence-corrected chi connectivity index (χ0v) is 10.1. The first kappa shape index (κ1) is 11.9. The van der Waals surface area contributed by atoms with Crippen LogP contribution < -0.4 is 0 Å². The molecule has 2 aromatic heterocycles. The second-order valence-corrected chi connectivity index (χ2v) is 4.44. The van der Waals surface area contributed by atoms with Crippen LogP contribution in [0.3, 0.4) is 0 Å². The first-order valence-corrected chi connectivity index (χ1v) is 5.84. The normalized spacial score (nSPS) is 10.2. The van der Waals surface area contributed by atoms with Crippen LogP contribution in [0.2, 0.25) is 5.02 Å². The first-order chi connectivity index (χ1) is 8.18. The quantitative estimate of drug-likeness (QED) is 0.925. The van der Waals surface area contributed by atoms with Crippen LogP contribution in [0.1, 0.15) is 10.4 Å². The zero-order valence-electron chi connectivity index (χ0n) is 8.50. The van der Waals surface area contributed by atoms with Gasteiger partial charge in [-0.1, -0.05) is 17.7 Å². The number of carbonyl (C=O) groups is 1. The van der Waals surface area contributed by atoms with Crippen LogP contribution in [0.25, 0.3) is 0 Å². The molecule has 4 nitrogen and oxygen atoms in total. The van der Waals surface area contributed by atoms with Crippen molar-refractivity contribution in [1.82, 2.24) is 9.97 Å². The third kappa shape index (κ3) is 2.75. The van der Waals surface area contributed by atoms with Gasteiger partial charge in [0.15, 0.2) is 0 Å². The minimum absolute atomic E-state index is 0.0418. The van der Waals surface area contributed by atoms with Gasteiger partial charge in [-0.2, -0.15) is 0 Å². The van der Waals surface area contributed by atoms with E-state index in [-0.39, 0.29) is 10.6 Å². The highest BCUT2D eigenvalue weighted by Gasteiger charge is 2.14. The number of rotatable bonds is 3. The van der Waals surface area contributed by atoms with Crippen molar-refractivity contribution >= 4 is 29.3 Å². The van der Waals surface area contributed by atoms with Crippen molar-refractivity contribution in [2.45, 2.75) is 10.1 Å². The van der Waals surface area contributed by atoms with Gasteiger partial charge in [0, 0.05) is 12.4 Å². The summed E-state index contributed by atoms with van der Waals surface area (Å²) in [6.45, 7) is 0. The van der Waals surface area contributed by atoms with Crippen molar-refractivity contribution in [2.24, 2.45) is 0 Å². The summed E-state index contributed by atoms with van der Waals surface area (Å²) >= 11 is 7.19. The monoisotopic (exact) mass is 266 g/mol. The fraction of sp³-hybridized carbons (Fsp3) is 0. The smallest absolute Gasteiger partial charge is 0.337 e. The first-order valence-electron chi connectivity index (χ1n) is 4.65. The second kappa shape index (κ2) is 5.16. The predicted molar refractivity (Wildman–Crippen MR) is 64.6 cm³/mol. The molecule has 0 radical (unpaired) electrons. The topological polar surface area (TPSA) is 63.1 Å². The molecule has 86 valence electrons. The molecular weight excluding hydrogens is 260 g/mol. The van der Waals surface area contributed by atoms with Gasteiger partial charge in [0.25, 0.3) is 0 Å². The van der Waals surface area contributed by atoms with Gasteiger partial charge in [-0.25, -0.2) is 14.8 Å². The van der Waals surface area contributed by atoms with Gasteiger partial charge in [0.05, 0.1) is 10.6 Å². The van der Waals surface area contributed by atoms with E-state index in [9.17, 15) is 4.79 Å². The Morgan fingerprint density at radius 3 is 2.71 bits per heavy atom. The van der Waals surface area contributed by atoms with Crippen LogP contribution >= 0.6 is 23.4 Å². The summed E-state index contributed by atoms with van der Waals surface area (Å²) < 4.78 is 0. The van der Waals surface area contributed by atoms with Crippen molar-refractivity contribution in [3.05, 3.63) is 47.2 Å². The molecular formula is C11H7ClN2O2S. The Labute approximate surface area is 107 Å². The number of carboxylic acids is 1.